The second-order valence-corrected chi connectivity index (χ2v) is 26.9. The molecule has 0 aliphatic heterocycles. The molecule has 2 aromatic rings. The first-order valence-electron chi connectivity index (χ1n) is 8.98. The molecule has 0 heterocycles. The van der Waals surface area contributed by atoms with Gasteiger partial charge in [-0.05, 0) is 0 Å². The standard InChI is InChI=1S/C13H9.C5H5.C3H6.2CH3.Zr/c1-3-7-12-10(5-1)9-11-6-2-4-8-13(11)12;1-2-4-5-3-1;1-3-2;;;/h1-9H;1-5H;1-2H3;2*1H3;. The molecule has 2 aliphatic rings. The van der Waals surface area contributed by atoms with Gasteiger partial charge in [0.15, 0.2) is 0 Å². The quantitative estimate of drug-likeness (QED) is 0.534. The Balaban J connectivity index is 2.11. The topological polar surface area (TPSA) is 0 Å². The van der Waals surface area contributed by atoms with E-state index in [1.165, 1.54) is 11.1 Å². The van der Waals surface area contributed by atoms with E-state index in [1.807, 2.05) is 0 Å². The number of allylic oxidation sites excluding steroid dienone is 4. The number of benzene rings is 2. The summed E-state index contributed by atoms with van der Waals surface area (Å²) < 4.78 is 8.21. The zero-order valence-electron chi connectivity index (χ0n) is 15.1. The molecule has 24 heavy (non-hydrogen) atoms. The van der Waals surface area contributed by atoms with Crippen molar-refractivity contribution in [2.45, 2.75) is 30.4 Å². The Bertz CT molecular complexity index is 888. The van der Waals surface area contributed by atoms with E-state index in [2.05, 4.69) is 95.9 Å². The summed E-state index contributed by atoms with van der Waals surface area (Å²) in [6.07, 6.45) is 9.42. The van der Waals surface area contributed by atoms with Gasteiger partial charge in [-0.15, -0.1) is 0 Å². The van der Waals surface area contributed by atoms with E-state index in [0.717, 1.165) is 0 Å². The third-order valence-corrected chi connectivity index (χ3v) is 26.7. The summed E-state index contributed by atoms with van der Waals surface area (Å²) in [5, 5.41) is 0. The van der Waals surface area contributed by atoms with Gasteiger partial charge < -0.3 is 0 Å². The fraction of sp³-hybridized carbons (Fsp3) is 0.261. The average Bonchev–Trinajstić information content (AvgIpc) is 3.22. The van der Waals surface area contributed by atoms with Crippen molar-refractivity contribution in [2.24, 2.45) is 0 Å². The van der Waals surface area contributed by atoms with Gasteiger partial charge in [0.25, 0.3) is 0 Å². The van der Waals surface area contributed by atoms with E-state index in [9.17, 15) is 0 Å². The summed E-state index contributed by atoms with van der Waals surface area (Å²) in [7, 11) is 0. The molecule has 0 saturated carbocycles. The van der Waals surface area contributed by atoms with Crippen molar-refractivity contribution in [3.05, 3.63) is 84.0 Å². The van der Waals surface area contributed by atoms with Gasteiger partial charge in [-0.2, -0.15) is 0 Å². The molecule has 0 bridgehead atoms. The van der Waals surface area contributed by atoms with Crippen molar-refractivity contribution < 1.29 is 18.3 Å². The van der Waals surface area contributed by atoms with Crippen molar-refractivity contribution >= 4 is 3.21 Å². The van der Waals surface area contributed by atoms with E-state index in [4.69, 9.17) is 0 Å². The summed E-state index contributed by atoms with van der Waals surface area (Å²) >= 11 is -3.33. The summed E-state index contributed by atoms with van der Waals surface area (Å²) in [6.45, 7) is 4.80. The minimum absolute atomic E-state index is 0.571. The van der Waals surface area contributed by atoms with Crippen LogP contribution in [0.3, 0.4) is 0 Å². The number of hydrogen-bond donors (Lipinski definition) is 0. The first kappa shape index (κ1) is 16.2. The van der Waals surface area contributed by atoms with Gasteiger partial charge in [-0.3, -0.25) is 0 Å². The van der Waals surface area contributed by atoms with Gasteiger partial charge in [0, 0.05) is 0 Å². The van der Waals surface area contributed by atoms with Crippen LogP contribution < -0.4 is 0 Å². The van der Waals surface area contributed by atoms with Crippen LogP contribution in [0.15, 0.2) is 72.8 Å². The van der Waals surface area contributed by atoms with Gasteiger partial charge in [-0.25, -0.2) is 0 Å². The van der Waals surface area contributed by atoms with Crippen LogP contribution in [-0.4, -0.2) is 3.21 Å². The number of hydrogen-bond acceptors (Lipinski definition) is 0. The van der Waals surface area contributed by atoms with E-state index in [1.54, 1.807) is 14.3 Å². The zero-order chi connectivity index (χ0) is 17.0. The monoisotopic (exact) mass is 392 g/mol. The Morgan fingerprint density at radius 1 is 0.750 bits per heavy atom. The molecule has 0 radical (unpaired) electrons. The van der Waals surface area contributed by atoms with Crippen LogP contribution in [0.4, 0.5) is 0 Å². The van der Waals surface area contributed by atoms with Crippen LogP contribution in [0.2, 0.25) is 12.9 Å². The van der Waals surface area contributed by atoms with Gasteiger partial charge in [0.1, 0.15) is 0 Å². The third-order valence-electron chi connectivity index (χ3n) is 7.07. The van der Waals surface area contributed by atoms with Crippen molar-refractivity contribution in [2.75, 3.05) is 0 Å². The Morgan fingerprint density at radius 3 is 1.67 bits per heavy atom. The predicted molar refractivity (Wildman–Crippen MR) is 104 cm³/mol. The van der Waals surface area contributed by atoms with Crippen molar-refractivity contribution in [1.29, 1.82) is 0 Å². The molecule has 0 nitrogen and oxygen atoms in total. The molecular weight excluding hydrogens is 367 g/mol. The maximum atomic E-state index is 2.67. The van der Waals surface area contributed by atoms with Crippen LogP contribution in [0.1, 0.15) is 28.6 Å². The van der Waals surface area contributed by atoms with Gasteiger partial charge in [0.05, 0.1) is 0 Å². The normalized spacial score (nSPS) is 17.2. The van der Waals surface area contributed by atoms with Crippen molar-refractivity contribution in [1.82, 2.24) is 0 Å². The van der Waals surface area contributed by atoms with E-state index in [-0.39, 0.29) is 0 Å². The molecule has 2 aliphatic carbocycles. The molecule has 0 aromatic heterocycles. The summed E-state index contributed by atoms with van der Waals surface area (Å²) in [4.78, 5) is 0. The summed E-state index contributed by atoms with van der Waals surface area (Å²) in [6, 6.07) is 18.2. The third kappa shape index (κ3) is 1.97. The van der Waals surface area contributed by atoms with E-state index < -0.39 is 18.3 Å². The number of rotatable bonds is 2. The molecule has 0 amide bonds. The zero-order valence-corrected chi connectivity index (χ0v) is 17.5. The molecule has 4 rings (SSSR count). The fourth-order valence-corrected chi connectivity index (χ4v) is 18.4. The van der Waals surface area contributed by atoms with Crippen LogP contribution in [0.5, 0.6) is 0 Å². The van der Waals surface area contributed by atoms with Crippen LogP contribution in [0, 0.1) is 0 Å². The maximum absolute atomic E-state index is 3.33. The van der Waals surface area contributed by atoms with E-state index >= 15 is 0 Å². The first-order valence-corrected chi connectivity index (χ1v) is 18.0. The second kappa shape index (κ2) is 5.33. The minimum atomic E-state index is -3.33. The molecule has 122 valence electrons. The summed E-state index contributed by atoms with van der Waals surface area (Å²) in [5.74, 6) is 0. The predicted octanol–water partition coefficient (Wildman–Crippen LogP) is 6.67. The molecule has 0 spiro atoms. The Kier molecular flexibility index (Phi) is 3.59. The molecule has 0 unspecified atom stereocenters. The molecule has 0 atom stereocenters. The number of fused-ring (bicyclic) bond motifs is 3. The summed E-state index contributed by atoms with van der Waals surface area (Å²) in [5.41, 5.74) is 6.03. The first-order chi connectivity index (χ1) is 11.4. The SMILES string of the molecule is C[C](C)=[Zr]([CH3])([CH3])([CH]1C=CC=C1)[CH]1c2ccccc2-c2ccccc21. The molecule has 2 aromatic carbocycles. The van der Waals surface area contributed by atoms with E-state index in [0.29, 0.717) is 7.25 Å². The van der Waals surface area contributed by atoms with Crippen LogP contribution >= 0.6 is 0 Å². The molecule has 0 saturated heterocycles. The Labute approximate surface area is 146 Å². The van der Waals surface area contributed by atoms with Crippen molar-refractivity contribution in [3.63, 3.8) is 0 Å². The Morgan fingerprint density at radius 2 is 1.21 bits per heavy atom. The van der Waals surface area contributed by atoms with Gasteiger partial charge >= 0.3 is 147 Å². The van der Waals surface area contributed by atoms with Crippen LogP contribution in [-0.2, 0) is 18.3 Å². The van der Waals surface area contributed by atoms with Gasteiger partial charge in [0.2, 0.25) is 0 Å². The molecule has 0 N–H and O–H groups in total. The van der Waals surface area contributed by atoms with Crippen molar-refractivity contribution in [3.8, 4) is 11.1 Å². The Hall–Kier alpha value is -1.33. The van der Waals surface area contributed by atoms with Gasteiger partial charge in [-0.1, -0.05) is 0 Å². The molecule has 0 fully saturated rings. The fourth-order valence-electron chi connectivity index (χ4n) is 4.95. The van der Waals surface area contributed by atoms with Crippen LogP contribution in [0.25, 0.3) is 11.1 Å². The molecule has 1 heteroatoms. The molecular formula is C23H26Zr. The average molecular weight is 394 g/mol. The second-order valence-electron chi connectivity index (χ2n) is 8.51.